The highest BCUT2D eigenvalue weighted by molar-refractivity contribution is 6.05. The van der Waals surface area contributed by atoms with Crippen LogP contribution in [0.1, 0.15) is 45.2 Å². The molecule has 0 aliphatic carbocycles. The lowest BCUT2D eigenvalue weighted by Gasteiger charge is -2.14. The third-order valence-corrected chi connectivity index (χ3v) is 4.09. The number of aliphatic hydroxyl groups is 1. The molecule has 0 spiro atoms. The van der Waals surface area contributed by atoms with Gasteiger partial charge in [0.2, 0.25) is 0 Å². The number of hydrogen-bond donors (Lipinski definition) is 3. The van der Waals surface area contributed by atoms with E-state index in [2.05, 4.69) is 10.6 Å². The van der Waals surface area contributed by atoms with Crippen LogP contribution in [0.2, 0.25) is 0 Å². The second-order valence-electron chi connectivity index (χ2n) is 6.11. The van der Waals surface area contributed by atoms with Crippen molar-refractivity contribution in [3.63, 3.8) is 0 Å². The number of rotatable bonds is 6. The van der Waals surface area contributed by atoms with Gasteiger partial charge in [-0.25, -0.2) is 0 Å². The van der Waals surface area contributed by atoms with E-state index in [1.54, 1.807) is 24.3 Å². The van der Waals surface area contributed by atoms with Gasteiger partial charge in [0.1, 0.15) is 0 Å². The van der Waals surface area contributed by atoms with Gasteiger partial charge in [-0.2, -0.15) is 0 Å². The number of carbonyl (C=O) groups excluding carboxylic acids is 2. The molecular formula is C20H24N2O3. The standard InChI is InChI=1S/C20H24N2O3/c1-4-16(12-23)21-19(24)15-7-9-17(10-8-15)22-20(25)18-11-13(2)5-6-14(18)3/h5-11,16,23H,4,12H2,1-3H3,(H,21,24)(H,22,25). The van der Waals surface area contributed by atoms with E-state index in [-0.39, 0.29) is 24.5 Å². The summed E-state index contributed by atoms with van der Waals surface area (Å²) >= 11 is 0. The molecule has 5 nitrogen and oxygen atoms in total. The first-order valence-corrected chi connectivity index (χ1v) is 8.35. The van der Waals surface area contributed by atoms with Crippen molar-refractivity contribution >= 4 is 17.5 Å². The Morgan fingerprint density at radius 3 is 2.32 bits per heavy atom. The second kappa shape index (κ2) is 8.44. The molecule has 2 aromatic rings. The van der Waals surface area contributed by atoms with E-state index >= 15 is 0 Å². The number of anilines is 1. The largest absolute Gasteiger partial charge is 0.394 e. The normalized spacial score (nSPS) is 11.7. The van der Waals surface area contributed by atoms with Gasteiger partial charge >= 0.3 is 0 Å². The highest BCUT2D eigenvalue weighted by Gasteiger charge is 2.12. The van der Waals surface area contributed by atoms with Crippen LogP contribution >= 0.6 is 0 Å². The summed E-state index contributed by atoms with van der Waals surface area (Å²) in [6.07, 6.45) is 0.659. The number of hydrogen-bond acceptors (Lipinski definition) is 3. The zero-order valence-electron chi connectivity index (χ0n) is 14.8. The van der Waals surface area contributed by atoms with E-state index in [0.717, 1.165) is 11.1 Å². The number of carbonyl (C=O) groups is 2. The molecule has 0 aliphatic heterocycles. The van der Waals surface area contributed by atoms with Crippen molar-refractivity contribution in [2.45, 2.75) is 33.2 Å². The molecule has 0 bridgehead atoms. The molecule has 3 N–H and O–H groups in total. The van der Waals surface area contributed by atoms with Crippen LogP contribution in [0.4, 0.5) is 5.69 Å². The van der Waals surface area contributed by atoms with Gasteiger partial charge < -0.3 is 15.7 Å². The number of nitrogens with one attached hydrogen (secondary N) is 2. The Morgan fingerprint density at radius 1 is 1.04 bits per heavy atom. The maximum atomic E-state index is 12.4. The maximum Gasteiger partial charge on any atom is 0.255 e. The van der Waals surface area contributed by atoms with Crippen LogP contribution in [0.5, 0.6) is 0 Å². The number of amides is 2. The van der Waals surface area contributed by atoms with Gasteiger partial charge in [0.15, 0.2) is 0 Å². The maximum absolute atomic E-state index is 12.4. The minimum atomic E-state index is -0.254. The van der Waals surface area contributed by atoms with E-state index in [4.69, 9.17) is 5.11 Å². The fourth-order valence-electron chi connectivity index (χ4n) is 2.43. The Labute approximate surface area is 148 Å². The Kier molecular flexibility index (Phi) is 6.31. The van der Waals surface area contributed by atoms with Crippen LogP contribution in [-0.4, -0.2) is 29.6 Å². The average Bonchev–Trinajstić information content (AvgIpc) is 2.62. The summed E-state index contributed by atoms with van der Waals surface area (Å²) < 4.78 is 0. The lowest BCUT2D eigenvalue weighted by atomic mass is 10.0. The van der Waals surface area contributed by atoms with E-state index in [1.165, 1.54) is 0 Å². The predicted octanol–water partition coefficient (Wildman–Crippen LogP) is 3.06. The zero-order valence-corrected chi connectivity index (χ0v) is 14.8. The van der Waals surface area contributed by atoms with Crippen molar-refractivity contribution < 1.29 is 14.7 Å². The summed E-state index contributed by atoms with van der Waals surface area (Å²) in [5.74, 6) is -0.418. The van der Waals surface area contributed by atoms with E-state index in [0.29, 0.717) is 23.2 Å². The minimum absolute atomic E-state index is 0.0910. The summed E-state index contributed by atoms with van der Waals surface area (Å²) in [7, 11) is 0. The van der Waals surface area contributed by atoms with Crippen molar-refractivity contribution in [2.75, 3.05) is 11.9 Å². The summed E-state index contributed by atoms with van der Waals surface area (Å²) in [5, 5.41) is 14.8. The van der Waals surface area contributed by atoms with Gasteiger partial charge in [0, 0.05) is 16.8 Å². The first kappa shape index (κ1) is 18.7. The molecule has 132 valence electrons. The second-order valence-corrected chi connectivity index (χ2v) is 6.11. The first-order chi connectivity index (χ1) is 11.9. The van der Waals surface area contributed by atoms with E-state index < -0.39 is 0 Å². The molecule has 0 aliphatic rings. The molecule has 0 radical (unpaired) electrons. The molecule has 0 fully saturated rings. The summed E-state index contributed by atoms with van der Waals surface area (Å²) in [4.78, 5) is 24.5. The quantitative estimate of drug-likeness (QED) is 0.756. The molecule has 0 aromatic heterocycles. The van der Waals surface area contributed by atoms with Crippen molar-refractivity contribution in [1.29, 1.82) is 0 Å². The lowest BCUT2D eigenvalue weighted by molar-refractivity contribution is 0.0914. The Morgan fingerprint density at radius 2 is 1.72 bits per heavy atom. The van der Waals surface area contributed by atoms with Gasteiger partial charge in [0.25, 0.3) is 11.8 Å². The van der Waals surface area contributed by atoms with Gasteiger partial charge in [0.05, 0.1) is 12.6 Å². The molecule has 5 heteroatoms. The summed E-state index contributed by atoms with van der Waals surface area (Å²) in [6.45, 7) is 5.64. The number of aliphatic hydroxyl groups excluding tert-OH is 1. The molecule has 2 rings (SSSR count). The number of benzene rings is 2. The molecule has 0 saturated carbocycles. The predicted molar refractivity (Wildman–Crippen MR) is 98.9 cm³/mol. The van der Waals surface area contributed by atoms with Crippen LogP contribution in [0, 0.1) is 13.8 Å². The smallest absolute Gasteiger partial charge is 0.255 e. The van der Waals surface area contributed by atoms with Crippen molar-refractivity contribution in [3.8, 4) is 0 Å². The Hall–Kier alpha value is -2.66. The molecule has 0 saturated heterocycles. The molecule has 2 aromatic carbocycles. The van der Waals surface area contributed by atoms with Crippen LogP contribution in [0.3, 0.4) is 0 Å². The van der Waals surface area contributed by atoms with E-state index in [1.807, 2.05) is 39.0 Å². The van der Waals surface area contributed by atoms with Crippen molar-refractivity contribution in [1.82, 2.24) is 5.32 Å². The Balaban J connectivity index is 2.06. The van der Waals surface area contributed by atoms with Crippen LogP contribution in [0.25, 0.3) is 0 Å². The molecule has 2 amide bonds. The molecule has 1 atom stereocenters. The fourth-order valence-corrected chi connectivity index (χ4v) is 2.43. The third kappa shape index (κ3) is 4.90. The van der Waals surface area contributed by atoms with Crippen LogP contribution < -0.4 is 10.6 Å². The average molecular weight is 340 g/mol. The SMILES string of the molecule is CCC(CO)NC(=O)c1ccc(NC(=O)c2cc(C)ccc2C)cc1. The van der Waals surface area contributed by atoms with Gasteiger partial charge in [-0.05, 0) is 56.2 Å². The monoisotopic (exact) mass is 340 g/mol. The van der Waals surface area contributed by atoms with Crippen molar-refractivity contribution in [2.24, 2.45) is 0 Å². The molecular weight excluding hydrogens is 316 g/mol. The minimum Gasteiger partial charge on any atom is -0.394 e. The Bertz CT molecular complexity index is 750. The van der Waals surface area contributed by atoms with Gasteiger partial charge in [-0.1, -0.05) is 24.6 Å². The van der Waals surface area contributed by atoms with Gasteiger partial charge in [-0.15, -0.1) is 0 Å². The highest BCUT2D eigenvalue weighted by atomic mass is 16.3. The van der Waals surface area contributed by atoms with Crippen LogP contribution in [-0.2, 0) is 0 Å². The lowest BCUT2D eigenvalue weighted by Crippen LogP contribution is -2.36. The van der Waals surface area contributed by atoms with Gasteiger partial charge in [-0.3, -0.25) is 9.59 Å². The first-order valence-electron chi connectivity index (χ1n) is 8.35. The molecule has 1 unspecified atom stereocenters. The third-order valence-electron chi connectivity index (χ3n) is 4.09. The fraction of sp³-hybridized carbons (Fsp3) is 0.300. The summed E-state index contributed by atoms with van der Waals surface area (Å²) in [5.41, 5.74) is 3.68. The van der Waals surface area contributed by atoms with Crippen LogP contribution in [0.15, 0.2) is 42.5 Å². The topological polar surface area (TPSA) is 78.4 Å². The molecule has 0 heterocycles. The highest BCUT2D eigenvalue weighted by Crippen LogP contribution is 2.15. The zero-order chi connectivity index (χ0) is 18.4. The van der Waals surface area contributed by atoms with E-state index in [9.17, 15) is 9.59 Å². The summed E-state index contributed by atoms with van der Waals surface area (Å²) in [6, 6.07) is 12.2. The van der Waals surface area contributed by atoms with Crippen molar-refractivity contribution in [3.05, 3.63) is 64.7 Å². The molecule has 25 heavy (non-hydrogen) atoms. The number of aryl methyl sites for hydroxylation is 2.